The van der Waals surface area contributed by atoms with Crippen LogP contribution in [0, 0.1) is 13.8 Å². The molecule has 0 aromatic heterocycles. The lowest BCUT2D eigenvalue weighted by atomic mass is 9.96. The fourth-order valence-electron chi connectivity index (χ4n) is 3.18. The van der Waals surface area contributed by atoms with Crippen LogP contribution < -0.4 is 10.2 Å². The van der Waals surface area contributed by atoms with Gasteiger partial charge in [0.15, 0.2) is 0 Å². The highest BCUT2D eigenvalue weighted by Crippen LogP contribution is 2.31. The molecule has 1 saturated heterocycles. The van der Waals surface area contributed by atoms with E-state index < -0.39 is 0 Å². The van der Waals surface area contributed by atoms with Crippen molar-refractivity contribution in [1.82, 2.24) is 5.32 Å². The molecular formula is C17H27BrN2. The van der Waals surface area contributed by atoms with E-state index in [9.17, 15) is 0 Å². The second-order valence-corrected chi connectivity index (χ2v) is 6.90. The van der Waals surface area contributed by atoms with Crippen molar-refractivity contribution in [3.05, 3.63) is 27.7 Å². The minimum atomic E-state index is 0.609. The Morgan fingerprint density at radius 2 is 1.95 bits per heavy atom. The Balaban J connectivity index is 2.07. The van der Waals surface area contributed by atoms with Gasteiger partial charge in [0.1, 0.15) is 0 Å². The van der Waals surface area contributed by atoms with Gasteiger partial charge in [-0.05, 0) is 69.8 Å². The molecule has 2 nitrogen and oxygen atoms in total. The second kappa shape index (κ2) is 6.95. The van der Waals surface area contributed by atoms with Crippen LogP contribution in [0.25, 0.3) is 0 Å². The largest absolute Gasteiger partial charge is 0.369 e. The van der Waals surface area contributed by atoms with Crippen LogP contribution in [0.2, 0.25) is 0 Å². The molecule has 1 fully saturated rings. The van der Waals surface area contributed by atoms with Crippen LogP contribution in [0.1, 0.15) is 44.2 Å². The molecule has 0 amide bonds. The molecule has 0 spiro atoms. The first-order valence-electron chi connectivity index (χ1n) is 7.79. The third-order valence-corrected chi connectivity index (χ3v) is 5.56. The zero-order chi connectivity index (χ0) is 14.7. The lowest BCUT2D eigenvalue weighted by Gasteiger charge is -2.40. The zero-order valence-electron chi connectivity index (χ0n) is 13.2. The maximum absolute atomic E-state index is 3.67. The number of nitrogens with zero attached hydrogens (tertiary/aromatic N) is 1. The molecule has 0 radical (unpaired) electrons. The number of hydrogen-bond donors (Lipinski definition) is 1. The summed E-state index contributed by atoms with van der Waals surface area (Å²) >= 11 is 3.66. The van der Waals surface area contributed by atoms with Gasteiger partial charge >= 0.3 is 0 Å². The molecule has 2 atom stereocenters. The van der Waals surface area contributed by atoms with E-state index in [4.69, 9.17) is 0 Å². The number of rotatable bonds is 4. The van der Waals surface area contributed by atoms with Gasteiger partial charge < -0.3 is 10.2 Å². The minimum absolute atomic E-state index is 0.609. The Labute approximate surface area is 132 Å². The van der Waals surface area contributed by atoms with Crippen LogP contribution in [0.15, 0.2) is 16.6 Å². The van der Waals surface area contributed by atoms with E-state index in [1.807, 2.05) is 0 Å². The average molecular weight is 339 g/mol. The monoisotopic (exact) mass is 338 g/mol. The Kier molecular flexibility index (Phi) is 5.50. The molecule has 0 aliphatic carbocycles. The van der Waals surface area contributed by atoms with Crippen LogP contribution in [0.5, 0.6) is 0 Å². The van der Waals surface area contributed by atoms with Crippen LogP contribution in [-0.2, 0) is 0 Å². The van der Waals surface area contributed by atoms with Gasteiger partial charge in [0.25, 0.3) is 0 Å². The lowest BCUT2D eigenvalue weighted by Crippen LogP contribution is -2.47. The Hall–Kier alpha value is -0.540. The van der Waals surface area contributed by atoms with Crippen molar-refractivity contribution in [3.8, 4) is 0 Å². The SMILES string of the molecule is CCCNC1CCN(c2cc(C)c(Br)c(C)c2)C(C)C1. The Morgan fingerprint density at radius 1 is 1.30 bits per heavy atom. The molecule has 112 valence electrons. The molecule has 2 rings (SSSR count). The molecule has 1 aromatic carbocycles. The van der Waals surface area contributed by atoms with E-state index in [2.05, 4.69) is 66.0 Å². The van der Waals surface area contributed by atoms with Crippen molar-refractivity contribution >= 4 is 21.6 Å². The first-order valence-corrected chi connectivity index (χ1v) is 8.59. The van der Waals surface area contributed by atoms with E-state index >= 15 is 0 Å². The minimum Gasteiger partial charge on any atom is -0.369 e. The molecule has 1 N–H and O–H groups in total. The van der Waals surface area contributed by atoms with E-state index in [1.165, 1.54) is 40.5 Å². The molecule has 1 aromatic rings. The second-order valence-electron chi connectivity index (χ2n) is 6.11. The summed E-state index contributed by atoms with van der Waals surface area (Å²) in [6.45, 7) is 11.3. The topological polar surface area (TPSA) is 15.3 Å². The van der Waals surface area contributed by atoms with Crippen molar-refractivity contribution < 1.29 is 0 Å². The summed E-state index contributed by atoms with van der Waals surface area (Å²) in [6.07, 6.45) is 3.71. The summed E-state index contributed by atoms with van der Waals surface area (Å²) < 4.78 is 1.24. The van der Waals surface area contributed by atoms with Gasteiger partial charge in [-0.2, -0.15) is 0 Å². The highest BCUT2D eigenvalue weighted by Gasteiger charge is 2.25. The summed E-state index contributed by atoms with van der Waals surface area (Å²) in [5.74, 6) is 0. The van der Waals surface area contributed by atoms with Gasteiger partial charge in [-0.3, -0.25) is 0 Å². The highest BCUT2D eigenvalue weighted by atomic mass is 79.9. The summed E-state index contributed by atoms with van der Waals surface area (Å²) in [5, 5.41) is 3.67. The molecule has 20 heavy (non-hydrogen) atoms. The van der Waals surface area contributed by atoms with Crippen molar-refractivity contribution in [2.24, 2.45) is 0 Å². The molecule has 3 heteroatoms. The maximum atomic E-state index is 3.67. The van der Waals surface area contributed by atoms with E-state index in [1.54, 1.807) is 0 Å². The van der Waals surface area contributed by atoms with Crippen molar-refractivity contribution in [3.63, 3.8) is 0 Å². The first kappa shape index (κ1) is 15.8. The van der Waals surface area contributed by atoms with E-state index in [0.717, 1.165) is 13.1 Å². The van der Waals surface area contributed by atoms with Gasteiger partial charge in [-0.15, -0.1) is 0 Å². The number of hydrogen-bond acceptors (Lipinski definition) is 2. The van der Waals surface area contributed by atoms with Crippen LogP contribution in [0.3, 0.4) is 0 Å². The molecule has 0 bridgehead atoms. The quantitative estimate of drug-likeness (QED) is 0.873. The fourth-order valence-corrected chi connectivity index (χ4v) is 3.41. The number of benzene rings is 1. The third-order valence-electron chi connectivity index (χ3n) is 4.31. The van der Waals surface area contributed by atoms with Gasteiger partial charge in [-0.25, -0.2) is 0 Å². The highest BCUT2D eigenvalue weighted by molar-refractivity contribution is 9.10. The van der Waals surface area contributed by atoms with Crippen LogP contribution in [0.4, 0.5) is 5.69 Å². The lowest BCUT2D eigenvalue weighted by molar-refractivity contribution is 0.369. The summed E-state index contributed by atoms with van der Waals surface area (Å²) in [4.78, 5) is 2.57. The molecular weight excluding hydrogens is 312 g/mol. The number of anilines is 1. The van der Waals surface area contributed by atoms with Crippen molar-refractivity contribution in [2.45, 2.75) is 59.0 Å². The first-order chi connectivity index (χ1) is 9.52. The average Bonchev–Trinajstić information content (AvgIpc) is 2.42. The number of aryl methyl sites for hydroxylation is 2. The van der Waals surface area contributed by atoms with E-state index in [-0.39, 0.29) is 0 Å². The van der Waals surface area contributed by atoms with Crippen molar-refractivity contribution in [2.75, 3.05) is 18.0 Å². The standard InChI is InChI=1S/C17H27BrN2/c1-5-7-19-15-6-8-20(14(4)11-15)16-9-12(2)17(18)13(3)10-16/h9-10,14-15,19H,5-8,11H2,1-4H3. The number of halogens is 1. The third kappa shape index (κ3) is 3.56. The summed E-state index contributed by atoms with van der Waals surface area (Å²) in [6, 6.07) is 5.93. The van der Waals surface area contributed by atoms with E-state index in [0.29, 0.717) is 12.1 Å². The van der Waals surface area contributed by atoms with Crippen molar-refractivity contribution in [1.29, 1.82) is 0 Å². The molecule has 1 aliphatic heterocycles. The summed E-state index contributed by atoms with van der Waals surface area (Å²) in [5.41, 5.74) is 4.04. The smallest absolute Gasteiger partial charge is 0.0374 e. The zero-order valence-corrected chi connectivity index (χ0v) is 14.8. The normalized spacial score (nSPS) is 23.1. The fraction of sp³-hybridized carbons (Fsp3) is 0.647. The number of nitrogens with one attached hydrogen (secondary N) is 1. The van der Waals surface area contributed by atoms with Gasteiger partial charge in [0.05, 0.1) is 0 Å². The maximum Gasteiger partial charge on any atom is 0.0374 e. The molecule has 1 heterocycles. The van der Waals surface area contributed by atoms with Gasteiger partial charge in [0.2, 0.25) is 0 Å². The molecule has 1 aliphatic rings. The van der Waals surface area contributed by atoms with Crippen LogP contribution >= 0.6 is 15.9 Å². The Morgan fingerprint density at radius 3 is 2.50 bits per heavy atom. The van der Waals surface area contributed by atoms with Gasteiger partial charge in [0, 0.05) is 28.8 Å². The predicted octanol–water partition coefficient (Wildman–Crippen LogP) is 4.42. The predicted molar refractivity (Wildman–Crippen MR) is 91.7 cm³/mol. The Bertz CT molecular complexity index is 435. The number of piperidine rings is 1. The molecule has 0 saturated carbocycles. The van der Waals surface area contributed by atoms with Gasteiger partial charge in [-0.1, -0.05) is 22.9 Å². The van der Waals surface area contributed by atoms with Crippen LogP contribution in [-0.4, -0.2) is 25.2 Å². The summed E-state index contributed by atoms with van der Waals surface area (Å²) in [7, 11) is 0. The molecule has 2 unspecified atom stereocenters.